The van der Waals surface area contributed by atoms with Crippen molar-refractivity contribution in [1.82, 2.24) is 19.5 Å². The lowest BCUT2D eigenvalue weighted by Crippen LogP contribution is -2.52. The zero-order valence-electron chi connectivity index (χ0n) is 24.9. The normalized spacial score (nSPS) is 23.4. The maximum atomic E-state index is 12.3. The van der Waals surface area contributed by atoms with Gasteiger partial charge in [0.1, 0.15) is 24.8 Å². The Balaban J connectivity index is 2.14. The summed E-state index contributed by atoms with van der Waals surface area (Å²) in [6, 6.07) is 0. The monoisotopic (exact) mass is 593 g/mol. The number of imidazole rings is 1. The second-order valence-corrected chi connectivity index (χ2v) is 16.3. The quantitative estimate of drug-likeness (QED) is 0.270. The summed E-state index contributed by atoms with van der Waals surface area (Å²) in [6.45, 7) is 15.4. The summed E-state index contributed by atoms with van der Waals surface area (Å²) in [7, 11) is -2.32. The standard InChI is InChI=1S/C26H39N5O9Si/c1-14(32)30-24-21-25(28-12-27-24)31(13-29-21)20-10-18(37-15(2)33)22(38-16(3)34)23(39-17(4)35)19(40-20)11-36-41(8,9)26(5,6)7/h12-13,18-20,22-23H,10-11H2,1-9H3,(H,27,28,30,32)/t18-,19+,20+,22-,23+/m0/s1. The Hall–Kier alpha value is -3.43. The van der Waals surface area contributed by atoms with Crippen LogP contribution in [-0.2, 0) is 42.6 Å². The van der Waals surface area contributed by atoms with Crippen molar-refractivity contribution >= 4 is 49.1 Å². The van der Waals surface area contributed by atoms with Crippen molar-refractivity contribution in [1.29, 1.82) is 0 Å². The van der Waals surface area contributed by atoms with Gasteiger partial charge in [-0.05, 0) is 18.1 Å². The lowest BCUT2D eigenvalue weighted by Gasteiger charge is -2.39. The van der Waals surface area contributed by atoms with Crippen LogP contribution in [0.2, 0.25) is 18.1 Å². The van der Waals surface area contributed by atoms with Gasteiger partial charge < -0.3 is 28.7 Å². The molecule has 3 rings (SSSR count). The van der Waals surface area contributed by atoms with Crippen LogP contribution in [0.15, 0.2) is 12.7 Å². The molecule has 1 aliphatic rings. The molecule has 15 heteroatoms. The summed E-state index contributed by atoms with van der Waals surface area (Å²) in [5.41, 5.74) is 0.635. The van der Waals surface area contributed by atoms with Crippen LogP contribution < -0.4 is 5.32 Å². The first kappa shape index (κ1) is 32.1. The number of hydrogen-bond acceptors (Lipinski definition) is 12. The SMILES string of the molecule is CC(=O)Nc1ncnc2c1ncn2[C@H]1C[C@H](OC(C)=O)[C@H](OC(C)=O)[C@H](OC(C)=O)[C@@H](CO[Si](C)(C)C(C)(C)C)O1. The second kappa shape index (κ2) is 12.6. The van der Waals surface area contributed by atoms with Crippen molar-refractivity contribution in [3.63, 3.8) is 0 Å². The Morgan fingerprint density at radius 1 is 0.976 bits per heavy atom. The van der Waals surface area contributed by atoms with Gasteiger partial charge in [-0.15, -0.1) is 0 Å². The molecule has 0 spiro atoms. The van der Waals surface area contributed by atoms with E-state index in [1.165, 1.54) is 40.3 Å². The molecule has 5 atom stereocenters. The van der Waals surface area contributed by atoms with Gasteiger partial charge >= 0.3 is 17.9 Å². The van der Waals surface area contributed by atoms with Crippen LogP contribution >= 0.6 is 0 Å². The molecular formula is C26H39N5O9Si. The zero-order chi connectivity index (χ0) is 30.7. The van der Waals surface area contributed by atoms with E-state index in [1.807, 2.05) is 0 Å². The Kier molecular flexibility index (Phi) is 9.87. The molecule has 0 aromatic carbocycles. The third kappa shape index (κ3) is 7.86. The highest BCUT2D eigenvalue weighted by Crippen LogP contribution is 2.39. The Labute approximate surface area is 239 Å². The van der Waals surface area contributed by atoms with E-state index >= 15 is 0 Å². The fourth-order valence-corrected chi connectivity index (χ4v) is 5.24. The van der Waals surface area contributed by atoms with Crippen LogP contribution in [0.25, 0.3) is 11.2 Å². The molecule has 0 saturated carbocycles. The third-order valence-corrected chi connectivity index (χ3v) is 11.6. The molecule has 1 aliphatic heterocycles. The zero-order valence-corrected chi connectivity index (χ0v) is 25.9. The number of carbonyl (C=O) groups excluding carboxylic acids is 4. The minimum atomic E-state index is -2.32. The van der Waals surface area contributed by atoms with Crippen molar-refractivity contribution in [3.05, 3.63) is 12.7 Å². The van der Waals surface area contributed by atoms with Gasteiger partial charge in [-0.2, -0.15) is 0 Å². The van der Waals surface area contributed by atoms with E-state index in [-0.39, 0.29) is 29.8 Å². The number of ether oxygens (including phenoxy) is 4. The average Bonchev–Trinajstić information content (AvgIpc) is 3.21. The molecule has 1 saturated heterocycles. The van der Waals surface area contributed by atoms with Gasteiger partial charge in [-0.3, -0.25) is 23.7 Å². The van der Waals surface area contributed by atoms with E-state index in [1.54, 1.807) is 4.57 Å². The summed E-state index contributed by atoms with van der Waals surface area (Å²) in [5, 5.41) is 2.48. The lowest BCUT2D eigenvalue weighted by molar-refractivity contribution is -0.191. The Bertz CT molecular complexity index is 1290. The first-order valence-electron chi connectivity index (χ1n) is 13.3. The number of rotatable bonds is 8. The fourth-order valence-electron chi connectivity index (χ4n) is 4.23. The van der Waals surface area contributed by atoms with Crippen LogP contribution in [0.3, 0.4) is 0 Å². The highest BCUT2D eigenvalue weighted by molar-refractivity contribution is 6.74. The summed E-state index contributed by atoms with van der Waals surface area (Å²) in [6.07, 6.45) is -2.57. The number of esters is 3. The summed E-state index contributed by atoms with van der Waals surface area (Å²) < 4.78 is 31.5. The maximum absolute atomic E-state index is 12.3. The minimum absolute atomic E-state index is 0.00570. The van der Waals surface area contributed by atoms with E-state index in [0.29, 0.717) is 11.2 Å². The molecule has 3 heterocycles. The first-order chi connectivity index (χ1) is 19.0. The van der Waals surface area contributed by atoms with Crippen LogP contribution in [-0.4, -0.2) is 82.7 Å². The molecule has 0 aliphatic carbocycles. The van der Waals surface area contributed by atoms with Crippen molar-refractivity contribution < 1.29 is 42.6 Å². The number of carbonyl (C=O) groups is 4. The molecule has 2 aromatic rings. The second-order valence-electron chi connectivity index (χ2n) is 11.5. The number of anilines is 1. The van der Waals surface area contributed by atoms with Gasteiger partial charge in [-0.1, -0.05) is 20.8 Å². The first-order valence-corrected chi connectivity index (χ1v) is 16.2. The molecule has 1 N–H and O–H groups in total. The smallest absolute Gasteiger partial charge is 0.303 e. The fraction of sp³-hybridized carbons (Fsp3) is 0.654. The molecular weight excluding hydrogens is 554 g/mol. The van der Waals surface area contributed by atoms with Crippen molar-refractivity contribution in [2.45, 2.75) is 104 Å². The molecule has 1 fully saturated rings. The molecule has 14 nitrogen and oxygen atoms in total. The van der Waals surface area contributed by atoms with E-state index in [2.05, 4.69) is 54.1 Å². The minimum Gasteiger partial charge on any atom is -0.458 e. The summed E-state index contributed by atoms with van der Waals surface area (Å²) in [4.78, 5) is 61.2. The molecule has 2 aromatic heterocycles. The van der Waals surface area contributed by atoms with Crippen LogP contribution in [0, 0.1) is 0 Å². The number of amides is 1. The lowest BCUT2D eigenvalue weighted by atomic mass is 10.0. The number of nitrogens with one attached hydrogen (secondary N) is 1. The van der Waals surface area contributed by atoms with Crippen LogP contribution in [0.4, 0.5) is 5.82 Å². The van der Waals surface area contributed by atoms with Crippen molar-refractivity contribution in [3.8, 4) is 0 Å². The predicted octanol–water partition coefficient (Wildman–Crippen LogP) is 2.89. The van der Waals surface area contributed by atoms with Crippen LogP contribution in [0.1, 0.15) is 61.1 Å². The highest BCUT2D eigenvalue weighted by atomic mass is 28.4. The molecule has 226 valence electrons. The summed E-state index contributed by atoms with van der Waals surface area (Å²) >= 11 is 0. The third-order valence-electron chi connectivity index (χ3n) is 7.12. The predicted molar refractivity (Wildman–Crippen MR) is 148 cm³/mol. The van der Waals surface area contributed by atoms with Crippen molar-refractivity contribution in [2.24, 2.45) is 0 Å². The Morgan fingerprint density at radius 3 is 2.15 bits per heavy atom. The highest BCUT2D eigenvalue weighted by Gasteiger charge is 2.49. The van der Waals surface area contributed by atoms with E-state index < -0.39 is 56.9 Å². The van der Waals surface area contributed by atoms with E-state index in [9.17, 15) is 19.2 Å². The van der Waals surface area contributed by atoms with Gasteiger partial charge in [0.2, 0.25) is 5.91 Å². The average molecular weight is 594 g/mol. The number of fused-ring (bicyclic) bond motifs is 1. The molecule has 41 heavy (non-hydrogen) atoms. The van der Waals surface area contributed by atoms with Crippen molar-refractivity contribution in [2.75, 3.05) is 11.9 Å². The van der Waals surface area contributed by atoms with E-state index in [4.69, 9.17) is 23.4 Å². The molecule has 0 radical (unpaired) electrons. The van der Waals surface area contributed by atoms with Gasteiger partial charge in [0.05, 0.1) is 12.9 Å². The topological polar surface area (TPSA) is 170 Å². The van der Waals surface area contributed by atoms with E-state index in [0.717, 1.165) is 0 Å². The molecule has 0 unspecified atom stereocenters. The molecule has 0 bridgehead atoms. The largest absolute Gasteiger partial charge is 0.458 e. The number of nitrogens with zero attached hydrogens (tertiary/aromatic N) is 4. The Morgan fingerprint density at radius 2 is 1.59 bits per heavy atom. The number of aromatic nitrogens is 4. The molecule has 1 amide bonds. The van der Waals surface area contributed by atoms with Gasteiger partial charge in [0, 0.05) is 34.1 Å². The van der Waals surface area contributed by atoms with Crippen LogP contribution in [0.5, 0.6) is 0 Å². The number of hydrogen-bond donors (Lipinski definition) is 1. The van der Waals surface area contributed by atoms with Gasteiger partial charge in [0.25, 0.3) is 0 Å². The summed E-state index contributed by atoms with van der Waals surface area (Å²) in [5.74, 6) is -2.06. The maximum Gasteiger partial charge on any atom is 0.303 e. The van der Waals surface area contributed by atoms with Gasteiger partial charge in [0.15, 0.2) is 37.5 Å². The van der Waals surface area contributed by atoms with Gasteiger partial charge in [-0.25, -0.2) is 15.0 Å².